The quantitative estimate of drug-likeness (QED) is 0.684. The number of rotatable bonds is 6. The molecule has 6 nitrogen and oxygen atoms in total. The highest BCUT2D eigenvalue weighted by Gasteiger charge is 2.32. The van der Waals surface area contributed by atoms with Crippen molar-refractivity contribution < 1.29 is 14.3 Å². The van der Waals surface area contributed by atoms with Crippen LogP contribution in [-0.2, 0) is 9.59 Å². The SMILES string of the molecule is COc1ccc(/C=C2\N=C(SCC(=O)NC(C)C)N(c3cc(C)cc(C)c3)C2=O)cc1. The molecule has 1 heterocycles. The summed E-state index contributed by atoms with van der Waals surface area (Å²) in [5.41, 5.74) is 4.03. The highest BCUT2D eigenvalue weighted by Crippen LogP contribution is 2.31. The van der Waals surface area contributed by atoms with Crippen LogP contribution in [0.2, 0.25) is 0 Å². The van der Waals surface area contributed by atoms with Gasteiger partial charge in [0.05, 0.1) is 18.6 Å². The van der Waals surface area contributed by atoms with Crippen LogP contribution in [0.3, 0.4) is 0 Å². The molecule has 0 saturated heterocycles. The molecule has 162 valence electrons. The summed E-state index contributed by atoms with van der Waals surface area (Å²) in [6.07, 6.45) is 1.75. The normalized spacial score (nSPS) is 14.9. The van der Waals surface area contributed by atoms with Crippen molar-refractivity contribution in [2.24, 2.45) is 4.99 Å². The Bertz CT molecular complexity index is 1020. The number of amides is 2. The summed E-state index contributed by atoms with van der Waals surface area (Å²) in [5, 5.41) is 3.36. The smallest absolute Gasteiger partial charge is 0.283 e. The first-order valence-electron chi connectivity index (χ1n) is 10.1. The summed E-state index contributed by atoms with van der Waals surface area (Å²) in [7, 11) is 1.61. The average Bonchev–Trinajstić information content (AvgIpc) is 3.01. The van der Waals surface area contributed by atoms with E-state index in [-0.39, 0.29) is 23.6 Å². The zero-order valence-electron chi connectivity index (χ0n) is 18.4. The first-order valence-corrected chi connectivity index (χ1v) is 11.0. The standard InChI is InChI=1S/C24H27N3O3S/c1-15(2)25-22(28)14-31-24-26-21(13-18-6-8-20(30-5)9-7-18)23(29)27(24)19-11-16(3)10-17(4)12-19/h6-13,15H,14H2,1-5H3,(H,25,28)/b21-13-. The van der Waals surface area contributed by atoms with E-state index in [1.54, 1.807) is 18.1 Å². The Morgan fingerprint density at radius 3 is 2.39 bits per heavy atom. The third-order valence-electron chi connectivity index (χ3n) is 4.50. The molecule has 2 aromatic rings. The molecule has 7 heteroatoms. The molecule has 0 aliphatic carbocycles. The Kier molecular flexibility index (Phi) is 7.17. The third-order valence-corrected chi connectivity index (χ3v) is 5.43. The maximum atomic E-state index is 13.3. The Morgan fingerprint density at radius 2 is 1.81 bits per heavy atom. The van der Waals surface area contributed by atoms with Gasteiger partial charge in [-0.15, -0.1) is 0 Å². The molecule has 0 spiro atoms. The zero-order chi connectivity index (χ0) is 22.5. The number of ether oxygens (including phenoxy) is 1. The van der Waals surface area contributed by atoms with Crippen molar-refractivity contribution >= 4 is 40.5 Å². The molecule has 2 amide bonds. The summed E-state index contributed by atoms with van der Waals surface area (Å²) in [6, 6.07) is 13.4. The predicted molar refractivity (Wildman–Crippen MR) is 128 cm³/mol. The number of benzene rings is 2. The lowest BCUT2D eigenvalue weighted by Crippen LogP contribution is -2.34. The fourth-order valence-electron chi connectivity index (χ4n) is 3.25. The average molecular weight is 438 g/mol. The third kappa shape index (κ3) is 5.76. The highest BCUT2D eigenvalue weighted by molar-refractivity contribution is 8.14. The van der Waals surface area contributed by atoms with Crippen LogP contribution in [0.4, 0.5) is 5.69 Å². The van der Waals surface area contributed by atoms with Crippen LogP contribution in [-0.4, -0.2) is 35.9 Å². The molecule has 2 aromatic carbocycles. The maximum absolute atomic E-state index is 13.3. The molecule has 1 aliphatic rings. The Balaban J connectivity index is 1.93. The molecule has 0 unspecified atom stereocenters. The van der Waals surface area contributed by atoms with Gasteiger partial charge in [-0.25, -0.2) is 4.99 Å². The minimum Gasteiger partial charge on any atom is -0.497 e. The van der Waals surface area contributed by atoms with Gasteiger partial charge in [-0.05, 0) is 74.7 Å². The lowest BCUT2D eigenvalue weighted by molar-refractivity contribution is -0.119. The number of hydrogen-bond acceptors (Lipinski definition) is 5. The number of carbonyl (C=O) groups excluding carboxylic acids is 2. The van der Waals surface area contributed by atoms with Gasteiger partial charge >= 0.3 is 0 Å². The predicted octanol–water partition coefficient (Wildman–Crippen LogP) is 4.31. The first-order chi connectivity index (χ1) is 14.8. The summed E-state index contributed by atoms with van der Waals surface area (Å²) in [5.74, 6) is 0.616. The molecular formula is C24H27N3O3S. The number of anilines is 1. The second-order valence-electron chi connectivity index (χ2n) is 7.69. The Morgan fingerprint density at radius 1 is 1.16 bits per heavy atom. The maximum Gasteiger partial charge on any atom is 0.283 e. The lowest BCUT2D eigenvalue weighted by atomic mass is 10.1. The van der Waals surface area contributed by atoms with Gasteiger partial charge in [0.15, 0.2) is 5.17 Å². The van der Waals surface area contributed by atoms with E-state index in [0.29, 0.717) is 10.9 Å². The Labute approximate surface area is 187 Å². The van der Waals surface area contributed by atoms with Crippen molar-refractivity contribution in [1.82, 2.24) is 5.32 Å². The molecule has 0 saturated carbocycles. The fraction of sp³-hybridized carbons (Fsp3) is 0.292. The van der Waals surface area contributed by atoms with Crippen LogP contribution < -0.4 is 15.0 Å². The number of aliphatic imine (C=N–C) groups is 1. The van der Waals surface area contributed by atoms with Crippen LogP contribution >= 0.6 is 11.8 Å². The molecule has 0 radical (unpaired) electrons. The second-order valence-corrected chi connectivity index (χ2v) is 8.64. The fourth-order valence-corrected chi connectivity index (χ4v) is 4.08. The van der Waals surface area contributed by atoms with Gasteiger partial charge in [-0.1, -0.05) is 30.0 Å². The van der Waals surface area contributed by atoms with Crippen LogP contribution in [0.1, 0.15) is 30.5 Å². The lowest BCUT2D eigenvalue weighted by Gasteiger charge is -2.19. The van der Waals surface area contributed by atoms with E-state index in [9.17, 15) is 9.59 Å². The van der Waals surface area contributed by atoms with Crippen molar-refractivity contribution in [3.63, 3.8) is 0 Å². The highest BCUT2D eigenvalue weighted by atomic mass is 32.2. The molecule has 3 rings (SSSR count). The van der Waals surface area contributed by atoms with Crippen molar-refractivity contribution in [2.75, 3.05) is 17.8 Å². The number of aryl methyl sites for hydroxylation is 2. The van der Waals surface area contributed by atoms with Gasteiger partial charge in [-0.2, -0.15) is 0 Å². The van der Waals surface area contributed by atoms with Gasteiger partial charge in [0.2, 0.25) is 5.91 Å². The molecule has 0 bridgehead atoms. The van der Waals surface area contributed by atoms with Gasteiger partial charge in [0, 0.05) is 6.04 Å². The largest absolute Gasteiger partial charge is 0.497 e. The van der Waals surface area contributed by atoms with E-state index in [0.717, 1.165) is 28.1 Å². The van der Waals surface area contributed by atoms with Crippen LogP contribution in [0.25, 0.3) is 6.08 Å². The number of hydrogen-bond donors (Lipinski definition) is 1. The van der Waals surface area contributed by atoms with Gasteiger partial charge in [-0.3, -0.25) is 14.5 Å². The van der Waals surface area contributed by atoms with E-state index in [1.807, 2.05) is 64.1 Å². The molecule has 0 aromatic heterocycles. The van der Waals surface area contributed by atoms with Crippen molar-refractivity contribution in [3.8, 4) is 5.75 Å². The van der Waals surface area contributed by atoms with Gasteiger partial charge in [0.25, 0.3) is 5.91 Å². The Hall–Kier alpha value is -3.06. The van der Waals surface area contributed by atoms with Gasteiger partial charge in [0.1, 0.15) is 11.4 Å². The van der Waals surface area contributed by atoms with Gasteiger partial charge < -0.3 is 10.1 Å². The molecule has 0 fully saturated rings. The summed E-state index contributed by atoms with van der Waals surface area (Å²) >= 11 is 1.26. The molecule has 31 heavy (non-hydrogen) atoms. The summed E-state index contributed by atoms with van der Waals surface area (Å²) in [6.45, 7) is 7.81. The van der Waals surface area contributed by atoms with E-state index in [4.69, 9.17) is 4.74 Å². The number of methoxy groups -OCH3 is 1. The second kappa shape index (κ2) is 9.83. The van der Waals surface area contributed by atoms with Crippen LogP contribution in [0, 0.1) is 13.8 Å². The van der Waals surface area contributed by atoms with Crippen molar-refractivity contribution in [2.45, 2.75) is 33.7 Å². The van der Waals surface area contributed by atoms with Crippen LogP contribution in [0.15, 0.2) is 53.2 Å². The summed E-state index contributed by atoms with van der Waals surface area (Å²) < 4.78 is 5.19. The van der Waals surface area contributed by atoms with E-state index >= 15 is 0 Å². The van der Waals surface area contributed by atoms with E-state index < -0.39 is 0 Å². The topological polar surface area (TPSA) is 71.0 Å². The first kappa shape index (κ1) is 22.6. The number of thioether (sulfide) groups is 1. The molecule has 1 N–H and O–H groups in total. The van der Waals surface area contributed by atoms with Crippen molar-refractivity contribution in [1.29, 1.82) is 0 Å². The van der Waals surface area contributed by atoms with E-state index in [1.165, 1.54) is 11.8 Å². The summed E-state index contributed by atoms with van der Waals surface area (Å²) in [4.78, 5) is 31.6. The number of amidine groups is 1. The monoisotopic (exact) mass is 437 g/mol. The number of carbonyl (C=O) groups is 2. The van der Waals surface area contributed by atoms with E-state index in [2.05, 4.69) is 16.4 Å². The molecular weight excluding hydrogens is 410 g/mol. The van der Waals surface area contributed by atoms with Crippen LogP contribution in [0.5, 0.6) is 5.75 Å². The molecule has 1 aliphatic heterocycles. The molecule has 0 atom stereocenters. The minimum atomic E-state index is -0.215. The minimum absolute atomic E-state index is 0.0568. The zero-order valence-corrected chi connectivity index (χ0v) is 19.2. The number of nitrogens with zero attached hydrogens (tertiary/aromatic N) is 2. The number of nitrogens with one attached hydrogen (secondary N) is 1. The van der Waals surface area contributed by atoms with Crippen molar-refractivity contribution in [3.05, 3.63) is 64.9 Å².